The van der Waals surface area contributed by atoms with E-state index in [4.69, 9.17) is 15.0 Å². The molecule has 0 aliphatic rings. The van der Waals surface area contributed by atoms with Crippen molar-refractivity contribution in [2.24, 2.45) is 0 Å². The molecule has 4 aromatic heterocycles. The maximum Gasteiger partial charge on any atom is 0.160 e. The van der Waals surface area contributed by atoms with Gasteiger partial charge < -0.3 is 4.57 Å². The standard InChI is InChI=1S/C46H28N6/c47-29-32-18-12-24-40(42(32)38-28-37(30-14-4-1-5-15-30)49-45(50-38)31-16-6-2-7-17-31)52-44-34(35-22-13-27-48-46(35)52)25-26-41-43(44)36-21-10-11-23-39(36)51(41)33-19-8-3-9-20-33/h1-28H. The summed E-state index contributed by atoms with van der Waals surface area (Å²) in [6.45, 7) is 0. The van der Waals surface area contributed by atoms with Crippen molar-refractivity contribution < 1.29 is 0 Å². The van der Waals surface area contributed by atoms with Crippen LogP contribution >= 0.6 is 0 Å². The normalized spacial score (nSPS) is 11.4. The first-order chi connectivity index (χ1) is 25.8. The van der Waals surface area contributed by atoms with Gasteiger partial charge in [0.2, 0.25) is 0 Å². The summed E-state index contributed by atoms with van der Waals surface area (Å²) >= 11 is 0. The zero-order valence-electron chi connectivity index (χ0n) is 27.8. The molecular weight excluding hydrogens is 637 g/mol. The summed E-state index contributed by atoms with van der Waals surface area (Å²) in [7, 11) is 0. The van der Waals surface area contributed by atoms with Crippen molar-refractivity contribution in [2.75, 3.05) is 0 Å². The van der Waals surface area contributed by atoms with Crippen LogP contribution in [0.4, 0.5) is 0 Å². The highest BCUT2D eigenvalue weighted by Gasteiger charge is 2.25. The molecule has 0 radical (unpaired) electrons. The van der Waals surface area contributed by atoms with Gasteiger partial charge in [0.1, 0.15) is 5.65 Å². The summed E-state index contributed by atoms with van der Waals surface area (Å²) in [5.74, 6) is 0.587. The van der Waals surface area contributed by atoms with Gasteiger partial charge in [-0.05, 0) is 54.6 Å². The second kappa shape index (κ2) is 11.9. The molecule has 6 heteroatoms. The quantitative estimate of drug-likeness (QED) is 0.184. The Labute approximate surface area is 299 Å². The van der Waals surface area contributed by atoms with E-state index >= 15 is 0 Å². The van der Waals surface area contributed by atoms with Crippen molar-refractivity contribution in [1.29, 1.82) is 5.26 Å². The van der Waals surface area contributed by atoms with Crippen molar-refractivity contribution in [1.82, 2.24) is 24.1 Å². The first kappa shape index (κ1) is 29.5. The lowest BCUT2D eigenvalue weighted by molar-refractivity contribution is 1.12. The molecule has 0 fully saturated rings. The van der Waals surface area contributed by atoms with Gasteiger partial charge in [0.05, 0.1) is 45.3 Å². The molecule has 0 unspecified atom stereocenters. The summed E-state index contributed by atoms with van der Waals surface area (Å²) in [6.07, 6.45) is 1.84. The molecule has 242 valence electrons. The number of aromatic nitrogens is 5. The monoisotopic (exact) mass is 664 g/mol. The first-order valence-electron chi connectivity index (χ1n) is 17.2. The highest BCUT2D eigenvalue weighted by atomic mass is 15.1. The Morgan fingerprint density at radius 3 is 2.00 bits per heavy atom. The number of hydrogen-bond donors (Lipinski definition) is 0. The van der Waals surface area contributed by atoms with Gasteiger partial charge in [-0.15, -0.1) is 0 Å². The molecule has 0 amide bonds. The van der Waals surface area contributed by atoms with Gasteiger partial charge in [0.15, 0.2) is 5.82 Å². The Bertz CT molecular complexity index is 2950. The molecule has 0 atom stereocenters. The van der Waals surface area contributed by atoms with E-state index in [1.807, 2.05) is 97.2 Å². The maximum atomic E-state index is 10.7. The lowest BCUT2D eigenvalue weighted by Gasteiger charge is -2.16. The summed E-state index contributed by atoms with van der Waals surface area (Å²) in [5.41, 5.74) is 10.5. The van der Waals surface area contributed by atoms with Gasteiger partial charge in [-0.1, -0.05) is 109 Å². The van der Waals surface area contributed by atoms with Gasteiger partial charge in [-0.3, -0.25) is 4.57 Å². The highest BCUT2D eigenvalue weighted by Crippen LogP contribution is 2.43. The van der Waals surface area contributed by atoms with Crippen molar-refractivity contribution in [3.63, 3.8) is 0 Å². The Morgan fingerprint density at radius 1 is 0.519 bits per heavy atom. The van der Waals surface area contributed by atoms with Crippen molar-refractivity contribution in [2.45, 2.75) is 0 Å². The van der Waals surface area contributed by atoms with Crippen LogP contribution in [0.5, 0.6) is 0 Å². The molecule has 0 aliphatic carbocycles. The number of rotatable bonds is 5. The zero-order valence-corrected chi connectivity index (χ0v) is 27.8. The number of para-hydroxylation sites is 2. The van der Waals surface area contributed by atoms with Gasteiger partial charge in [0, 0.05) is 50.1 Å². The minimum absolute atomic E-state index is 0.513. The maximum absolute atomic E-state index is 10.7. The molecule has 6 nitrogen and oxygen atoms in total. The van der Waals surface area contributed by atoms with E-state index in [0.29, 0.717) is 17.1 Å². The third-order valence-electron chi connectivity index (χ3n) is 9.83. The Balaban J connectivity index is 1.35. The molecule has 10 rings (SSSR count). The number of fused-ring (bicyclic) bond motifs is 7. The number of hydrogen-bond acceptors (Lipinski definition) is 4. The average Bonchev–Trinajstić information content (AvgIpc) is 3.74. The first-order valence-corrected chi connectivity index (χ1v) is 17.2. The van der Waals surface area contributed by atoms with E-state index in [9.17, 15) is 5.26 Å². The molecule has 0 bridgehead atoms. The second-order valence-corrected chi connectivity index (χ2v) is 12.8. The summed E-state index contributed by atoms with van der Waals surface area (Å²) in [6, 6.07) is 58.1. The average molecular weight is 665 g/mol. The number of pyridine rings is 1. The minimum Gasteiger partial charge on any atom is -0.309 e. The van der Waals surface area contributed by atoms with Gasteiger partial charge in [-0.2, -0.15) is 5.26 Å². The minimum atomic E-state index is 0.513. The third kappa shape index (κ3) is 4.54. The van der Waals surface area contributed by atoms with Crippen LogP contribution in [0.2, 0.25) is 0 Å². The number of nitrogens with zero attached hydrogens (tertiary/aromatic N) is 6. The fourth-order valence-corrected chi connectivity index (χ4v) is 7.61. The second-order valence-electron chi connectivity index (χ2n) is 12.8. The molecule has 4 heterocycles. The van der Waals surface area contributed by atoms with E-state index in [1.54, 1.807) is 0 Å². The predicted molar refractivity (Wildman–Crippen MR) is 210 cm³/mol. The summed E-state index contributed by atoms with van der Waals surface area (Å²) in [4.78, 5) is 15.2. The Hall–Kier alpha value is -7.36. The molecular formula is C46H28N6. The van der Waals surface area contributed by atoms with Gasteiger partial charge in [0.25, 0.3) is 0 Å². The highest BCUT2D eigenvalue weighted by molar-refractivity contribution is 6.26. The molecule has 6 aromatic carbocycles. The van der Waals surface area contributed by atoms with E-state index in [0.717, 1.165) is 77.5 Å². The fraction of sp³-hybridized carbons (Fsp3) is 0. The number of nitriles is 1. The molecule has 0 saturated heterocycles. The fourth-order valence-electron chi connectivity index (χ4n) is 7.61. The van der Waals surface area contributed by atoms with Crippen LogP contribution in [0.1, 0.15) is 5.56 Å². The summed E-state index contributed by atoms with van der Waals surface area (Å²) < 4.78 is 4.56. The van der Waals surface area contributed by atoms with Crippen LogP contribution in [0.3, 0.4) is 0 Å². The molecule has 0 spiro atoms. The SMILES string of the molecule is N#Cc1cccc(-n2c3ncccc3c3ccc4c(c5ccccc5n4-c4ccccc4)c32)c1-c1cc(-c2ccccc2)nc(-c2ccccc2)n1. The van der Waals surface area contributed by atoms with E-state index in [2.05, 4.69) is 88.0 Å². The van der Waals surface area contributed by atoms with Crippen LogP contribution in [0, 0.1) is 11.3 Å². The third-order valence-corrected chi connectivity index (χ3v) is 9.83. The molecule has 0 N–H and O–H groups in total. The lowest BCUT2D eigenvalue weighted by atomic mass is 10.00. The molecule has 10 aromatic rings. The smallest absolute Gasteiger partial charge is 0.160 e. The predicted octanol–water partition coefficient (Wildman–Crippen LogP) is 10.9. The number of benzene rings is 6. The topological polar surface area (TPSA) is 72.3 Å². The molecule has 0 saturated carbocycles. The van der Waals surface area contributed by atoms with Crippen molar-refractivity contribution >= 4 is 43.7 Å². The Kier molecular flexibility index (Phi) is 6.76. The summed E-state index contributed by atoms with van der Waals surface area (Å²) in [5, 5.41) is 15.1. The van der Waals surface area contributed by atoms with Crippen LogP contribution < -0.4 is 0 Å². The van der Waals surface area contributed by atoms with Crippen molar-refractivity contribution in [3.05, 3.63) is 176 Å². The molecule has 52 heavy (non-hydrogen) atoms. The zero-order chi connectivity index (χ0) is 34.6. The van der Waals surface area contributed by atoms with Crippen molar-refractivity contribution in [3.8, 4) is 51.3 Å². The van der Waals surface area contributed by atoms with Gasteiger partial charge >= 0.3 is 0 Å². The van der Waals surface area contributed by atoms with Crippen LogP contribution in [0.25, 0.3) is 89.0 Å². The van der Waals surface area contributed by atoms with E-state index < -0.39 is 0 Å². The van der Waals surface area contributed by atoms with Crippen LogP contribution in [0.15, 0.2) is 170 Å². The molecule has 0 aliphatic heterocycles. The van der Waals surface area contributed by atoms with E-state index in [-0.39, 0.29) is 0 Å². The van der Waals surface area contributed by atoms with Gasteiger partial charge in [-0.25, -0.2) is 15.0 Å². The van der Waals surface area contributed by atoms with Crippen LogP contribution in [-0.4, -0.2) is 24.1 Å². The van der Waals surface area contributed by atoms with Crippen LogP contribution in [-0.2, 0) is 0 Å². The largest absolute Gasteiger partial charge is 0.309 e. The van der Waals surface area contributed by atoms with E-state index in [1.165, 1.54) is 0 Å². The Morgan fingerprint density at radius 2 is 1.21 bits per heavy atom. The lowest BCUT2D eigenvalue weighted by Crippen LogP contribution is -2.03.